The summed E-state index contributed by atoms with van der Waals surface area (Å²) in [4.78, 5) is 29.3. The standard InChI is InChI=1S/C14H13FN2O4/c1-7-9(6-12(18)19)14(20)17-13(16-7)8-3-4-10(15)11(5-8)21-2/h3-5H,6H2,1-2H3,(H,18,19)(H,16,17,20). The van der Waals surface area contributed by atoms with E-state index in [0.29, 0.717) is 11.3 Å². The van der Waals surface area contributed by atoms with Gasteiger partial charge in [-0.3, -0.25) is 9.59 Å². The molecule has 1 aromatic carbocycles. The lowest BCUT2D eigenvalue weighted by molar-refractivity contribution is -0.136. The second-order valence-electron chi connectivity index (χ2n) is 4.40. The van der Waals surface area contributed by atoms with Crippen LogP contribution in [-0.2, 0) is 11.2 Å². The number of hydrogen-bond acceptors (Lipinski definition) is 4. The van der Waals surface area contributed by atoms with E-state index in [1.165, 1.54) is 25.3 Å². The van der Waals surface area contributed by atoms with Crippen LogP contribution in [0.4, 0.5) is 4.39 Å². The average molecular weight is 292 g/mol. The van der Waals surface area contributed by atoms with Gasteiger partial charge in [0.2, 0.25) is 0 Å². The molecule has 2 rings (SSSR count). The number of halogens is 1. The molecule has 0 bridgehead atoms. The number of aliphatic carboxylic acids is 1. The van der Waals surface area contributed by atoms with Crippen molar-refractivity contribution in [2.45, 2.75) is 13.3 Å². The zero-order chi connectivity index (χ0) is 15.6. The molecule has 7 heteroatoms. The Bertz CT molecular complexity index is 755. The number of benzene rings is 1. The molecule has 0 saturated heterocycles. The minimum absolute atomic E-state index is 0.0300. The summed E-state index contributed by atoms with van der Waals surface area (Å²) in [6, 6.07) is 4.06. The van der Waals surface area contributed by atoms with Gasteiger partial charge >= 0.3 is 5.97 Å². The molecule has 0 unspecified atom stereocenters. The zero-order valence-corrected chi connectivity index (χ0v) is 11.4. The first-order valence-corrected chi connectivity index (χ1v) is 6.08. The first-order chi connectivity index (χ1) is 9.92. The predicted molar refractivity (Wildman–Crippen MR) is 72.9 cm³/mol. The number of rotatable bonds is 4. The summed E-state index contributed by atoms with van der Waals surface area (Å²) in [5, 5.41) is 8.76. The van der Waals surface area contributed by atoms with Gasteiger partial charge in [0.15, 0.2) is 11.6 Å². The number of methoxy groups -OCH3 is 1. The van der Waals surface area contributed by atoms with E-state index in [4.69, 9.17) is 9.84 Å². The van der Waals surface area contributed by atoms with Crippen molar-refractivity contribution >= 4 is 5.97 Å². The van der Waals surface area contributed by atoms with Crippen LogP contribution in [0.1, 0.15) is 11.3 Å². The maximum atomic E-state index is 13.4. The minimum atomic E-state index is -1.11. The van der Waals surface area contributed by atoms with Crippen LogP contribution in [0.5, 0.6) is 5.75 Å². The second-order valence-corrected chi connectivity index (χ2v) is 4.40. The predicted octanol–water partition coefficient (Wildman–Crippen LogP) is 1.52. The fraction of sp³-hybridized carbons (Fsp3) is 0.214. The van der Waals surface area contributed by atoms with Crippen molar-refractivity contribution in [1.82, 2.24) is 9.97 Å². The number of H-pyrrole nitrogens is 1. The number of hydrogen-bond donors (Lipinski definition) is 2. The van der Waals surface area contributed by atoms with E-state index >= 15 is 0 Å². The van der Waals surface area contributed by atoms with Gasteiger partial charge in [0.1, 0.15) is 5.82 Å². The number of carboxylic acid groups (broad SMARTS) is 1. The van der Waals surface area contributed by atoms with E-state index < -0.39 is 23.8 Å². The Morgan fingerprint density at radius 2 is 2.19 bits per heavy atom. The number of nitrogens with zero attached hydrogens (tertiary/aromatic N) is 1. The van der Waals surface area contributed by atoms with Crippen molar-refractivity contribution in [3.05, 3.63) is 45.6 Å². The highest BCUT2D eigenvalue weighted by Crippen LogP contribution is 2.23. The summed E-state index contributed by atoms with van der Waals surface area (Å²) < 4.78 is 18.2. The number of aromatic nitrogens is 2. The van der Waals surface area contributed by atoms with Crippen LogP contribution in [0.2, 0.25) is 0 Å². The van der Waals surface area contributed by atoms with Crippen LogP contribution in [-0.4, -0.2) is 28.2 Å². The second kappa shape index (κ2) is 5.74. The summed E-state index contributed by atoms with van der Waals surface area (Å²) in [5.74, 6) is -1.38. The summed E-state index contributed by atoms with van der Waals surface area (Å²) in [7, 11) is 1.33. The summed E-state index contributed by atoms with van der Waals surface area (Å²) in [6.45, 7) is 1.55. The van der Waals surface area contributed by atoms with Gasteiger partial charge in [0, 0.05) is 16.8 Å². The van der Waals surface area contributed by atoms with Gasteiger partial charge < -0.3 is 14.8 Å². The highest BCUT2D eigenvalue weighted by Gasteiger charge is 2.13. The molecule has 21 heavy (non-hydrogen) atoms. The van der Waals surface area contributed by atoms with Gasteiger partial charge in [0.25, 0.3) is 5.56 Å². The van der Waals surface area contributed by atoms with Gasteiger partial charge in [-0.1, -0.05) is 0 Å². The lowest BCUT2D eigenvalue weighted by atomic mass is 10.1. The van der Waals surface area contributed by atoms with Crippen LogP contribution in [0, 0.1) is 12.7 Å². The molecule has 0 aliphatic rings. The normalized spacial score (nSPS) is 10.4. The Hall–Kier alpha value is -2.70. The van der Waals surface area contributed by atoms with E-state index in [0.717, 1.165) is 0 Å². The minimum Gasteiger partial charge on any atom is -0.494 e. The molecule has 0 aliphatic heterocycles. The molecular weight excluding hydrogens is 279 g/mol. The first-order valence-electron chi connectivity index (χ1n) is 6.08. The lowest BCUT2D eigenvalue weighted by Crippen LogP contribution is -2.20. The van der Waals surface area contributed by atoms with Gasteiger partial charge in [0.05, 0.1) is 13.5 Å². The van der Waals surface area contributed by atoms with Gasteiger partial charge in [-0.15, -0.1) is 0 Å². The SMILES string of the molecule is COc1cc(-c2nc(C)c(CC(=O)O)c(=O)[nH]2)ccc1F. The largest absolute Gasteiger partial charge is 0.494 e. The maximum absolute atomic E-state index is 13.4. The van der Waals surface area contributed by atoms with Gasteiger partial charge in [-0.25, -0.2) is 9.37 Å². The molecule has 0 aliphatic carbocycles. The molecule has 1 aromatic heterocycles. The number of carboxylic acids is 1. The molecule has 110 valence electrons. The highest BCUT2D eigenvalue weighted by atomic mass is 19.1. The zero-order valence-electron chi connectivity index (χ0n) is 11.4. The van der Waals surface area contributed by atoms with Crippen LogP contribution in [0.15, 0.2) is 23.0 Å². The Morgan fingerprint density at radius 3 is 2.76 bits per heavy atom. The van der Waals surface area contributed by atoms with Crippen LogP contribution in [0.25, 0.3) is 11.4 Å². The third kappa shape index (κ3) is 3.07. The van der Waals surface area contributed by atoms with Crippen molar-refractivity contribution < 1.29 is 19.0 Å². The van der Waals surface area contributed by atoms with Gasteiger partial charge in [-0.2, -0.15) is 0 Å². The van der Waals surface area contributed by atoms with Crippen molar-refractivity contribution in [3.63, 3.8) is 0 Å². The fourth-order valence-corrected chi connectivity index (χ4v) is 1.91. The Labute approximate surface area is 119 Å². The molecule has 6 nitrogen and oxygen atoms in total. The van der Waals surface area contributed by atoms with E-state index in [2.05, 4.69) is 9.97 Å². The molecule has 0 spiro atoms. The maximum Gasteiger partial charge on any atom is 0.308 e. The number of aromatic amines is 1. The van der Waals surface area contributed by atoms with E-state index in [1.807, 2.05) is 0 Å². The summed E-state index contributed by atoms with van der Waals surface area (Å²) >= 11 is 0. The lowest BCUT2D eigenvalue weighted by Gasteiger charge is -2.08. The molecule has 0 atom stereocenters. The number of nitrogens with one attached hydrogen (secondary N) is 1. The number of aryl methyl sites for hydroxylation is 1. The third-order valence-electron chi connectivity index (χ3n) is 2.97. The van der Waals surface area contributed by atoms with Crippen molar-refractivity contribution in [2.75, 3.05) is 7.11 Å². The molecule has 0 fully saturated rings. The van der Waals surface area contributed by atoms with Crippen LogP contribution in [0.3, 0.4) is 0 Å². The third-order valence-corrected chi connectivity index (χ3v) is 2.97. The molecule has 2 N–H and O–H groups in total. The van der Waals surface area contributed by atoms with Crippen LogP contribution >= 0.6 is 0 Å². The van der Waals surface area contributed by atoms with Crippen molar-refractivity contribution in [2.24, 2.45) is 0 Å². The Morgan fingerprint density at radius 1 is 1.48 bits per heavy atom. The number of ether oxygens (including phenoxy) is 1. The van der Waals surface area contributed by atoms with Crippen molar-refractivity contribution in [3.8, 4) is 17.1 Å². The molecule has 2 aromatic rings. The number of carbonyl (C=O) groups is 1. The van der Waals surface area contributed by atoms with Gasteiger partial charge in [-0.05, 0) is 25.1 Å². The van der Waals surface area contributed by atoms with Crippen molar-refractivity contribution in [1.29, 1.82) is 0 Å². The molecule has 1 heterocycles. The molecular formula is C14H13FN2O4. The highest BCUT2D eigenvalue weighted by molar-refractivity contribution is 5.70. The first kappa shape index (κ1) is 14.7. The fourth-order valence-electron chi connectivity index (χ4n) is 1.91. The Balaban J connectivity index is 2.51. The quantitative estimate of drug-likeness (QED) is 0.891. The summed E-state index contributed by atoms with van der Waals surface area (Å²) in [6.07, 6.45) is -0.402. The van der Waals surface area contributed by atoms with E-state index in [-0.39, 0.29) is 17.1 Å². The summed E-state index contributed by atoms with van der Waals surface area (Å²) in [5.41, 5.74) is 0.360. The average Bonchev–Trinajstić information content (AvgIpc) is 2.43. The molecule has 0 radical (unpaired) electrons. The Kier molecular flexibility index (Phi) is 4.02. The van der Waals surface area contributed by atoms with E-state index in [9.17, 15) is 14.0 Å². The van der Waals surface area contributed by atoms with E-state index in [1.54, 1.807) is 6.92 Å². The monoisotopic (exact) mass is 292 g/mol. The topological polar surface area (TPSA) is 92.3 Å². The van der Waals surface area contributed by atoms with Crippen LogP contribution < -0.4 is 10.3 Å². The molecule has 0 saturated carbocycles. The smallest absolute Gasteiger partial charge is 0.308 e. The molecule has 0 amide bonds.